The van der Waals surface area contributed by atoms with Crippen molar-refractivity contribution in [1.82, 2.24) is 0 Å². The summed E-state index contributed by atoms with van der Waals surface area (Å²) in [6.45, 7) is 5.97. The van der Waals surface area contributed by atoms with Crippen LogP contribution in [0.2, 0.25) is 0 Å². The first-order valence-corrected chi connectivity index (χ1v) is 6.82. The van der Waals surface area contributed by atoms with Crippen LogP contribution in [0.4, 0.5) is 0 Å². The molecule has 0 heteroatoms. The summed E-state index contributed by atoms with van der Waals surface area (Å²) in [6, 6.07) is 0. The smallest absolute Gasteiger partial charge is 0.0316 e. The first-order valence-electron chi connectivity index (χ1n) is 6.82. The van der Waals surface area contributed by atoms with Crippen LogP contribution in [0, 0.1) is 0 Å². The molecule has 0 rings (SSSR count). The normalized spacial score (nSPS) is 11.6. The predicted octanol–water partition coefficient (Wildman–Crippen LogP) is 5.82. The van der Waals surface area contributed by atoms with E-state index in [1.165, 1.54) is 51.4 Å². The molecular formula is C16H28. The predicted molar refractivity (Wildman–Crippen MR) is 75.7 cm³/mol. The lowest BCUT2D eigenvalue weighted by molar-refractivity contribution is 0.728. The molecular weight excluding hydrogens is 192 g/mol. The van der Waals surface area contributed by atoms with Gasteiger partial charge in [0.2, 0.25) is 0 Å². The van der Waals surface area contributed by atoms with Gasteiger partial charge < -0.3 is 0 Å². The van der Waals surface area contributed by atoms with E-state index in [9.17, 15) is 0 Å². The molecule has 0 amide bonds. The lowest BCUT2D eigenvalue weighted by Crippen LogP contribution is -1.72. The Kier molecular flexibility index (Phi) is 13.5. The molecule has 0 aliphatic rings. The molecule has 0 bridgehead atoms. The van der Waals surface area contributed by atoms with Crippen LogP contribution in [-0.2, 0) is 0 Å². The molecule has 0 saturated carbocycles. The fourth-order valence-corrected chi connectivity index (χ4v) is 1.56. The van der Waals surface area contributed by atoms with Crippen molar-refractivity contribution in [2.24, 2.45) is 0 Å². The van der Waals surface area contributed by atoms with Gasteiger partial charge in [-0.3, -0.25) is 0 Å². The Bertz CT molecular complexity index is 186. The average Bonchev–Trinajstić information content (AvgIpc) is 2.31. The van der Waals surface area contributed by atoms with Crippen LogP contribution in [0.3, 0.4) is 0 Å². The second-order valence-electron chi connectivity index (χ2n) is 4.24. The highest BCUT2D eigenvalue weighted by Crippen LogP contribution is 2.02. The number of hydrogen-bond acceptors (Lipinski definition) is 0. The Labute approximate surface area is 102 Å². The van der Waals surface area contributed by atoms with Crippen LogP contribution in [0.25, 0.3) is 0 Å². The number of hydrogen-bond donors (Lipinski definition) is 0. The zero-order valence-corrected chi connectivity index (χ0v) is 11.0. The molecule has 0 saturated heterocycles. The van der Waals surface area contributed by atoms with Crippen LogP contribution in [-0.4, -0.2) is 0 Å². The highest BCUT2D eigenvalue weighted by molar-refractivity contribution is 4.88. The van der Waals surface area contributed by atoms with Gasteiger partial charge in [-0.2, -0.15) is 0 Å². The zero-order valence-electron chi connectivity index (χ0n) is 11.0. The van der Waals surface area contributed by atoms with Gasteiger partial charge in [0, 0.05) is 0 Å². The molecule has 0 aliphatic heterocycles. The van der Waals surface area contributed by atoms with E-state index >= 15 is 0 Å². The maximum atomic E-state index is 3.72. The van der Waals surface area contributed by atoms with Crippen molar-refractivity contribution in [2.45, 2.75) is 64.7 Å². The molecule has 0 atom stereocenters. The molecule has 16 heavy (non-hydrogen) atoms. The fraction of sp³-hybridized carbons (Fsp3) is 0.625. The van der Waals surface area contributed by atoms with Gasteiger partial charge in [-0.15, -0.1) is 6.58 Å². The Morgan fingerprint density at radius 1 is 0.688 bits per heavy atom. The molecule has 92 valence electrons. The minimum atomic E-state index is 1.14. The van der Waals surface area contributed by atoms with E-state index in [-0.39, 0.29) is 0 Å². The molecule has 0 spiro atoms. The van der Waals surface area contributed by atoms with Crippen molar-refractivity contribution in [3.63, 3.8) is 0 Å². The van der Waals surface area contributed by atoms with E-state index < -0.39 is 0 Å². The van der Waals surface area contributed by atoms with Crippen LogP contribution in [0.15, 0.2) is 37.0 Å². The Morgan fingerprint density at radius 3 is 1.81 bits per heavy atom. The summed E-state index contributed by atoms with van der Waals surface area (Å²) in [5.74, 6) is 0. The van der Waals surface area contributed by atoms with E-state index in [0.29, 0.717) is 0 Å². The van der Waals surface area contributed by atoms with Crippen molar-refractivity contribution in [2.75, 3.05) is 0 Å². The Morgan fingerprint density at radius 2 is 1.25 bits per heavy atom. The maximum absolute atomic E-state index is 3.72. The van der Waals surface area contributed by atoms with Crippen molar-refractivity contribution < 1.29 is 0 Å². The minimum Gasteiger partial charge on any atom is -0.103 e. The van der Waals surface area contributed by atoms with Crippen molar-refractivity contribution >= 4 is 0 Å². The summed E-state index contributed by atoms with van der Waals surface area (Å²) in [6.07, 6.45) is 22.5. The van der Waals surface area contributed by atoms with E-state index in [4.69, 9.17) is 0 Å². The molecule has 0 heterocycles. The largest absolute Gasteiger partial charge is 0.103 e. The SMILES string of the molecule is C=CCCC/C=C/CC/C=C\CCCCC. The van der Waals surface area contributed by atoms with E-state index in [1.807, 2.05) is 6.08 Å². The van der Waals surface area contributed by atoms with Gasteiger partial charge in [0.1, 0.15) is 0 Å². The van der Waals surface area contributed by atoms with E-state index in [0.717, 1.165) is 6.42 Å². The van der Waals surface area contributed by atoms with Gasteiger partial charge >= 0.3 is 0 Å². The molecule has 0 radical (unpaired) electrons. The van der Waals surface area contributed by atoms with Crippen LogP contribution in [0.1, 0.15) is 64.7 Å². The number of rotatable bonds is 11. The lowest BCUT2D eigenvalue weighted by atomic mass is 10.1. The molecule has 0 fully saturated rings. The van der Waals surface area contributed by atoms with Crippen LogP contribution < -0.4 is 0 Å². The maximum Gasteiger partial charge on any atom is -0.0316 e. The molecule has 0 aromatic heterocycles. The third-order valence-electron chi connectivity index (χ3n) is 2.59. The molecule has 0 aliphatic carbocycles. The topological polar surface area (TPSA) is 0 Å². The monoisotopic (exact) mass is 220 g/mol. The summed E-state index contributed by atoms with van der Waals surface area (Å²) in [5.41, 5.74) is 0. The third-order valence-corrected chi connectivity index (χ3v) is 2.59. The highest BCUT2D eigenvalue weighted by atomic mass is 13.9. The lowest BCUT2D eigenvalue weighted by Gasteiger charge is -1.92. The summed E-state index contributed by atoms with van der Waals surface area (Å²) >= 11 is 0. The second kappa shape index (κ2) is 14.2. The van der Waals surface area contributed by atoms with Crippen molar-refractivity contribution in [3.05, 3.63) is 37.0 Å². The van der Waals surface area contributed by atoms with E-state index in [1.54, 1.807) is 0 Å². The summed E-state index contributed by atoms with van der Waals surface area (Å²) in [4.78, 5) is 0. The van der Waals surface area contributed by atoms with Crippen LogP contribution >= 0.6 is 0 Å². The zero-order chi connectivity index (χ0) is 11.9. The third kappa shape index (κ3) is 13.2. The van der Waals surface area contributed by atoms with Gasteiger partial charge in [0.05, 0.1) is 0 Å². The first kappa shape index (κ1) is 15.2. The average molecular weight is 220 g/mol. The second-order valence-corrected chi connectivity index (χ2v) is 4.24. The number of unbranched alkanes of at least 4 members (excludes halogenated alkanes) is 6. The molecule has 0 N–H and O–H groups in total. The Balaban J connectivity index is 3.15. The molecule has 0 aromatic carbocycles. The van der Waals surface area contributed by atoms with Gasteiger partial charge in [0.25, 0.3) is 0 Å². The molecule has 0 aromatic rings. The van der Waals surface area contributed by atoms with Gasteiger partial charge in [-0.1, -0.05) is 50.1 Å². The highest BCUT2D eigenvalue weighted by Gasteiger charge is 1.82. The van der Waals surface area contributed by atoms with Crippen molar-refractivity contribution in [1.29, 1.82) is 0 Å². The van der Waals surface area contributed by atoms with Crippen molar-refractivity contribution in [3.8, 4) is 0 Å². The van der Waals surface area contributed by atoms with Gasteiger partial charge in [-0.25, -0.2) is 0 Å². The van der Waals surface area contributed by atoms with Gasteiger partial charge in [-0.05, 0) is 44.9 Å². The minimum absolute atomic E-state index is 1.14. The molecule has 0 nitrogen and oxygen atoms in total. The summed E-state index contributed by atoms with van der Waals surface area (Å²) in [7, 11) is 0. The fourth-order valence-electron chi connectivity index (χ4n) is 1.56. The Hall–Kier alpha value is -0.780. The molecule has 0 unspecified atom stereocenters. The summed E-state index contributed by atoms with van der Waals surface area (Å²) < 4.78 is 0. The van der Waals surface area contributed by atoms with Gasteiger partial charge in [0.15, 0.2) is 0 Å². The standard InChI is InChI=1S/C16H28/c1-3-5-7-9-11-13-15-16-14-12-10-8-6-4-2/h3,11-14H,1,4-10,15-16H2,2H3/b13-11+,14-12-. The summed E-state index contributed by atoms with van der Waals surface area (Å²) in [5, 5.41) is 0. The first-order chi connectivity index (χ1) is 7.91. The quantitative estimate of drug-likeness (QED) is 0.304. The van der Waals surface area contributed by atoms with E-state index in [2.05, 4.69) is 37.8 Å². The number of allylic oxidation sites excluding steroid dienone is 5. The van der Waals surface area contributed by atoms with Crippen LogP contribution in [0.5, 0.6) is 0 Å².